The van der Waals surface area contributed by atoms with Gasteiger partial charge in [0.15, 0.2) is 0 Å². The molecule has 8 nitrogen and oxygen atoms in total. The van der Waals surface area contributed by atoms with Crippen LogP contribution in [-0.4, -0.2) is 73.5 Å². The van der Waals surface area contributed by atoms with Crippen LogP contribution >= 0.6 is 0 Å². The Morgan fingerprint density at radius 2 is 1.47 bits per heavy atom. The average Bonchev–Trinajstić information content (AvgIpc) is 3.15. The Labute approximate surface area is 213 Å². The highest BCUT2D eigenvalue weighted by Gasteiger charge is 2.26. The second-order valence-corrected chi connectivity index (χ2v) is 9.57. The van der Waals surface area contributed by atoms with Crippen LogP contribution in [0.15, 0.2) is 42.5 Å². The van der Waals surface area contributed by atoms with E-state index in [0.717, 1.165) is 56.6 Å². The summed E-state index contributed by atoms with van der Waals surface area (Å²) < 4.78 is 0. The van der Waals surface area contributed by atoms with Crippen LogP contribution in [-0.2, 0) is 0 Å². The standard InChI is InChI=1S/C28H37N5O3/c1-3-29-28(36)30-23-12-13-25(24(20-23)27(35)32-14-5-4-6-15-32)31-16-7-17-33(19-18-31)26(34)22-10-8-21(2)9-11-22/h8-13,20H,3-7,14-19H2,1-2H3,(H2,29,30,36). The number of urea groups is 1. The minimum Gasteiger partial charge on any atom is -0.369 e. The van der Waals surface area contributed by atoms with Crippen molar-refractivity contribution >= 4 is 29.2 Å². The van der Waals surface area contributed by atoms with Gasteiger partial charge in [0.1, 0.15) is 0 Å². The Bertz CT molecular complexity index is 1080. The topological polar surface area (TPSA) is 85.0 Å². The van der Waals surface area contributed by atoms with Crippen molar-refractivity contribution in [1.82, 2.24) is 15.1 Å². The maximum atomic E-state index is 13.6. The largest absolute Gasteiger partial charge is 0.369 e. The van der Waals surface area contributed by atoms with Gasteiger partial charge in [-0.2, -0.15) is 0 Å². The van der Waals surface area contributed by atoms with Gasteiger partial charge in [-0.05, 0) is 69.9 Å². The van der Waals surface area contributed by atoms with Crippen LogP contribution in [0, 0.1) is 6.92 Å². The molecule has 0 aromatic heterocycles. The molecule has 2 fully saturated rings. The van der Waals surface area contributed by atoms with E-state index in [1.165, 1.54) is 0 Å². The molecule has 36 heavy (non-hydrogen) atoms. The van der Waals surface area contributed by atoms with E-state index in [1.807, 2.05) is 60.0 Å². The third-order valence-corrected chi connectivity index (χ3v) is 6.89. The molecule has 2 aromatic rings. The zero-order valence-electron chi connectivity index (χ0n) is 21.4. The maximum absolute atomic E-state index is 13.6. The highest BCUT2D eigenvalue weighted by Crippen LogP contribution is 2.28. The molecule has 2 aliphatic rings. The number of nitrogens with one attached hydrogen (secondary N) is 2. The molecule has 192 valence electrons. The summed E-state index contributed by atoms with van der Waals surface area (Å²) in [4.78, 5) is 44.8. The lowest BCUT2D eigenvalue weighted by Gasteiger charge is -2.30. The Morgan fingerprint density at radius 1 is 0.778 bits per heavy atom. The van der Waals surface area contributed by atoms with Gasteiger partial charge in [-0.1, -0.05) is 17.7 Å². The number of amides is 4. The van der Waals surface area contributed by atoms with Crippen molar-refractivity contribution < 1.29 is 14.4 Å². The molecule has 0 spiro atoms. The molecule has 4 rings (SSSR count). The summed E-state index contributed by atoms with van der Waals surface area (Å²) in [7, 11) is 0. The number of nitrogens with zero attached hydrogens (tertiary/aromatic N) is 3. The van der Waals surface area contributed by atoms with E-state index in [0.29, 0.717) is 43.0 Å². The Hall–Kier alpha value is -3.55. The van der Waals surface area contributed by atoms with Crippen LogP contribution in [0.1, 0.15) is 58.9 Å². The van der Waals surface area contributed by atoms with Gasteiger partial charge >= 0.3 is 6.03 Å². The number of anilines is 2. The molecular formula is C28H37N5O3. The Balaban J connectivity index is 1.55. The first-order chi connectivity index (χ1) is 17.5. The molecule has 4 amide bonds. The van der Waals surface area contributed by atoms with E-state index in [4.69, 9.17) is 0 Å². The zero-order valence-corrected chi connectivity index (χ0v) is 21.4. The predicted molar refractivity (Wildman–Crippen MR) is 143 cm³/mol. The van der Waals surface area contributed by atoms with E-state index in [1.54, 1.807) is 6.07 Å². The van der Waals surface area contributed by atoms with Crippen molar-refractivity contribution in [2.75, 3.05) is 56.0 Å². The van der Waals surface area contributed by atoms with E-state index in [-0.39, 0.29) is 17.8 Å². The molecule has 0 saturated carbocycles. The highest BCUT2D eigenvalue weighted by molar-refractivity contribution is 6.02. The van der Waals surface area contributed by atoms with Crippen molar-refractivity contribution in [3.05, 3.63) is 59.2 Å². The van der Waals surface area contributed by atoms with Crippen LogP contribution in [0.2, 0.25) is 0 Å². The summed E-state index contributed by atoms with van der Waals surface area (Å²) in [6.45, 7) is 8.56. The molecule has 2 saturated heterocycles. The number of hydrogen-bond donors (Lipinski definition) is 2. The lowest BCUT2D eigenvalue weighted by molar-refractivity contribution is 0.0723. The van der Waals surface area contributed by atoms with Crippen LogP contribution in [0.5, 0.6) is 0 Å². The number of rotatable bonds is 5. The molecule has 2 aromatic carbocycles. The summed E-state index contributed by atoms with van der Waals surface area (Å²) in [6.07, 6.45) is 3.98. The van der Waals surface area contributed by atoms with Crippen LogP contribution in [0.4, 0.5) is 16.2 Å². The maximum Gasteiger partial charge on any atom is 0.319 e. The third kappa shape index (κ3) is 6.17. The number of carbonyl (C=O) groups is 3. The second-order valence-electron chi connectivity index (χ2n) is 9.57. The van der Waals surface area contributed by atoms with E-state index in [9.17, 15) is 14.4 Å². The van der Waals surface area contributed by atoms with Gasteiger partial charge in [0, 0.05) is 62.8 Å². The van der Waals surface area contributed by atoms with Gasteiger partial charge in [-0.15, -0.1) is 0 Å². The fraction of sp³-hybridized carbons (Fsp3) is 0.464. The molecule has 2 heterocycles. The number of aryl methyl sites for hydroxylation is 1. The number of piperidine rings is 1. The second kappa shape index (κ2) is 11.9. The summed E-state index contributed by atoms with van der Waals surface area (Å²) in [5.41, 5.74) is 3.89. The van der Waals surface area contributed by atoms with Crippen molar-refractivity contribution in [1.29, 1.82) is 0 Å². The molecule has 0 bridgehead atoms. The van der Waals surface area contributed by atoms with E-state index >= 15 is 0 Å². The summed E-state index contributed by atoms with van der Waals surface area (Å²) in [6, 6.07) is 13.0. The van der Waals surface area contributed by atoms with Crippen LogP contribution in [0.25, 0.3) is 0 Å². The normalized spacial score (nSPS) is 16.3. The van der Waals surface area contributed by atoms with Crippen molar-refractivity contribution in [2.24, 2.45) is 0 Å². The minimum atomic E-state index is -0.290. The fourth-order valence-corrected chi connectivity index (χ4v) is 4.90. The Kier molecular flexibility index (Phi) is 8.46. The monoisotopic (exact) mass is 491 g/mol. The van der Waals surface area contributed by atoms with Crippen LogP contribution in [0.3, 0.4) is 0 Å². The third-order valence-electron chi connectivity index (χ3n) is 6.89. The number of benzene rings is 2. The predicted octanol–water partition coefficient (Wildman–Crippen LogP) is 4.12. The smallest absolute Gasteiger partial charge is 0.319 e. The zero-order chi connectivity index (χ0) is 25.5. The van der Waals surface area contributed by atoms with Crippen molar-refractivity contribution in [3.8, 4) is 0 Å². The first kappa shape index (κ1) is 25.5. The van der Waals surface area contributed by atoms with Crippen molar-refractivity contribution in [3.63, 3.8) is 0 Å². The molecular weight excluding hydrogens is 454 g/mol. The summed E-state index contributed by atoms with van der Waals surface area (Å²) in [5.74, 6) is 0.0454. The van der Waals surface area contributed by atoms with Gasteiger partial charge in [-0.25, -0.2) is 4.79 Å². The first-order valence-corrected chi connectivity index (χ1v) is 13.1. The first-order valence-electron chi connectivity index (χ1n) is 13.1. The molecule has 0 unspecified atom stereocenters. The van der Waals surface area contributed by atoms with Gasteiger partial charge in [0.05, 0.1) is 5.56 Å². The molecule has 8 heteroatoms. The number of likely N-dealkylation sites (tertiary alicyclic amines) is 1. The molecule has 0 atom stereocenters. The fourth-order valence-electron chi connectivity index (χ4n) is 4.90. The van der Waals surface area contributed by atoms with Crippen LogP contribution < -0.4 is 15.5 Å². The molecule has 2 N–H and O–H groups in total. The van der Waals surface area contributed by atoms with Gasteiger partial charge in [0.2, 0.25) is 0 Å². The Morgan fingerprint density at radius 3 is 2.19 bits per heavy atom. The quantitative estimate of drug-likeness (QED) is 0.659. The summed E-state index contributed by atoms with van der Waals surface area (Å²) >= 11 is 0. The summed E-state index contributed by atoms with van der Waals surface area (Å²) in [5, 5.41) is 5.57. The SMILES string of the molecule is CCNC(=O)Nc1ccc(N2CCCN(C(=O)c3ccc(C)cc3)CC2)c(C(=O)N2CCCCC2)c1. The van der Waals surface area contributed by atoms with E-state index in [2.05, 4.69) is 15.5 Å². The van der Waals surface area contributed by atoms with Gasteiger partial charge in [0.25, 0.3) is 11.8 Å². The lowest BCUT2D eigenvalue weighted by atomic mass is 10.1. The number of carbonyl (C=O) groups excluding carboxylic acids is 3. The lowest BCUT2D eigenvalue weighted by Crippen LogP contribution is -2.38. The number of hydrogen-bond acceptors (Lipinski definition) is 4. The van der Waals surface area contributed by atoms with Gasteiger partial charge in [-0.3, -0.25) is 9.59 Å². The van der Waals surface area contributed by atoms with E-state index < -0.39 is 0 Å². The molecule has 0 aliphatic carbocycles. The minimum absolute atomic E-state index is 0.00100. The van der Waals surface area contributed by atoms with Gasteiger partial charge < -0.3 is 25.3 Å². The molecule has 2 aliphatic heterocycles. The van der Waals surface area contributed by atoms with Crippen molar-refractivity contribution in [2.45, 2.75) is 39.5 Å². The molecule has 0 radical (unpaired) electrons. The average molecular weight is 492 g/mol. The highest BCUT2D eigenvalue weighted by atomic mass is 16.2.